The van der Waals surface area contributed by atoms with Crippen LogP contribution in [-0.2, 0) is 20.7 Å². The van der Waals surface area contributed by atoms with Crippen molar-refractivity contribution in [2.45, 2.75) is 19.3 Å². The normalized spacial score (nSPS) is 9.74. The molecule has 0 aliphatic rings. The van der Waals surface area contributed by atoms with E-state index in [1.165, 1.54) is 11.9 Å². The monoisotopic (exact) mass is 284 g/mol. The number of carbonyl (C=O) groups excluding carboxylic acids is 3. The van der Waals surface area contributed by atoms with Gasteiger partial charge >= 0.3 is 12.0 Å². The molecule has 3 amide bonds. The van der Waals surface area contributed by atoms with Gasteiger partial charge in [-0.2, -0.15) is 0 Å². The van der Waals surface area contributed by atoms with Crippen LogP contribution < -0.4 is 10.6 Å². The van der Waals surface area contributed by atoms with Crippen LogP contribution in [0.4, 0.5) is 4.79 Å². The summed E-state index contributed by atoms with van der Waals surface area (Å²) in [7, 11) is 1.39. The summed E-state index contributed by atoms with van der Waals surface area (Å²) in [5.41, 5.74) is 0. The van der Waals surface area contributed by atoms with E-state index in [4.69, 9.17) is 4.74 Å². The molecule has 2 N–H and O–H groups in total. The average molecular weight is 284 g/mol. The van der Waals surface area contributed by atoms with Gasteiger partial charge in [-0.3, -0.25) is 14.9 Å². The van der Waals surface area contributed by atoms with Crippen molar-refractivity contribution in [3.8, 4) is 0 Å². The smallest absolute Gasteiger partial charge is 0.321 e. The molecule has 0 aliphatic carbocycles. The van der Waals surface area contributed by atoms with Crippen molar-refractivity contribution in [2.75, 3.05) is 13.7 Å². The van der Waals surface area contributed by atoms with E-state index in [-0.39, 0.29) is 6.42 Å². The Morgan fingerprint density at radius 2 is 2.16 bits per heavy atom. The van der Waals surface area contributed by atoms with Crippen molar-refractivity contribution in [3.63, 3.8) is 0 Å². The number of carbonyl (C=O) groups is 3. The number of imide groups is 1. The van der Waals surface area contributed by atoms with Crippen LogP contribution >= 0.6 is 11.3 Å². The van der Waals surface area contributed by atoms with Crippen molar-refractivity contribution in [3.05, 3.63) is 22.4 Å². The van der Waals surface area contributed by atoms with Crippen LogP contribution in [0.5, 0.6) is 0 Å². The van der Waals surface area contributed by atoms with Gasteiger partial charge in [-0.05, 0) is 24.3 Å². The molecule has 0 atom stereocenters. The molecule has 104 valence electrons. The highest BCUT2D eigenvalue weighted by Crippen LogP contribution is 2.12. The Kier molecular flexibility index (Phi) is 6.59. The lowest BCUT2D eigenvalue weighted by atomic mass is 10.2. The highest BCUT2D eigenvalue weighted by molar-refractivity contribution is 7.09. The number of ether oxygens (including phenoxy) is 1. The summed E-state index contributed by atoms with van der Waals surface area (Å²) in [4.78, 5) is 34.5. The SMILES string of the molecule is CNC(=O)NC(=O)COC(=O)CCCc1cccs1. The Balaban J connectivity index is 2.10. The fourth-order valence-corrected chi connectivity index (χ4v) is 2.06. The summed E-state index contributed by atoms with van der Waals surface area (Å²) in [6.07, 6.45) is 1.75. The molecule has 0 saturated heterocycles. The van der Waals surface area contributed by atoms with Gasteiger partial charge in [0.05, 0.1) is 0 Å². The van der Waals surface area contributed by atoms with Gasteiger partial charge in [0, 0.05) is 18.3 Å². The van der Waals surface area contributed by atoms with Crippen LogP contribution in [0.15, 0.2) is 17.5 Å². The first-order valence-electron chi connectivity index (χ1n) is 5.81. The van der Waals surface area contributed by atoms with Gasteiger partial charge in [0.1, 0.15) is 0 Å². The third kappa shape index (κ3) is 6.56. The van der Waals surface area contributed by atoms with Crippen molar-refractivity contribution in [1.29, 1.82) is 0 Å². The van der Waals surface area contributed by atoms with Gasteiger partial charge in [0.2, 0.25) is 0 Å². The van der Waals surface area contributed by atoms with E-state index in [1.54, 1.807) is 11.3 Å². The zero-order valence-electron chi connectivity index (χ0n) is 10.6. The molecule has 1 heterocycles. The van der Waals surface area contributed by atoms with Gasteiger partial charge in [0.25, 0.3) is 5.91 Å². The molecule has 0 spiro atoms. The van der Waals surface area contributed by atoms with E-state index < -0.39 is 24.5 Å². The van der Waals surface area contributed by atoms with Crippen LogP contribution in [0.2, 0.25) is 0 Å². The molecule has 6 nitrogen and oxygen atoms in total. The van der Waals surface area contributed by atoms with Gasteiger partial charge in [-0.25, -0.2) is 4.79 Å². The van der Waals surface area contributed by atoms with E-state index in [0.29, 0.717) is 6.42 Å². The molecule has 7 heteroatoms. The summed E-state index contributed by atoms with van der Waals surface area (Å²) in [6.45, 7) is -0.439. The van der Waals surface area contributed by atoms with Gasteiger partial charge in [0.15, 0.2) is 6.61 Å². The lowest BCUT2D eigenvalue weighted by Crippen LogP contribution is -2.39. The van der Waals surface area contributed by atoms with E-state index in [1.807, 2.05) is 22.8 Å². The summed E-state index contributed by atoms with van der Waals surface area (Å²) in [5, 5.41) is 6.21. The van der Waals surface area contributed by atoms with Crippen LogP contribution in [0.25, 0.3) is 0 Å². The first-order chi connectivity index (χ1) is 9.11. The lowest BCUT2D eigenvalue weighted by molar-refractivity contribution is -0.148. The second kappa shape index (κ2) is 8.25. The van der Waals surface area contributed by atoms with Gasteiger partial charge < -0.3 is 10.1 Å². The van der Waals surface area contributed by atoms with E-state index >= 15 is 0 Å². The second-order valence-corrected chi connectivity index (χ2v) is 4.75. The van der Waals surface area contributed by atoms with Crippen LogP contribution in [-0.4, -0.2) is 31.6 Å². The number of hydrogen-bond acceptors (Lipinski definition) is 5. The van der Waals surface area contributed by atoms with Gasteiger partial charge in [-0.1, -0.05) is 6.07 Å². The lowest BCUT2D eigenvalue weighted by Gasteiger charge is -2.05. The summed E-state index contributed by atoms with van der Waals surface area (Å²) < 4.78 is 4.74. The standard InChI is InChI=1S/C12H16N2O4S/c1-13-12(17)14-10(15)8-18-11(16)6-2-4-9-5-3-7-19-9/h3,5,7H,2,4,6,8H2,1H3,(H2,13,14,15,17). The Labute approximate surface area is 115 Å². The zero-order valence-corrected chi connectivity index (χ0v) is 11.4. The summed E-state index contributed by atoms with van der Waals surface area (Å²) in [5.74, 6) is -1.09. The molecule has 0 unspecified atom stereocenters. The van der Waals surface area contributed by atoms with Crippen molar-refractivity contribution in [2.24, 2.45) is 0 Å². The fourth-order valence-electron chi connectivity index (χ4n) is 1.31. The van der Waals surface area contributed by atoms with Crippen LogP contribution in [0.1, 0.15) is 17.7 Å². The molecule has 0 bridgehead atoms. The molecule has 0 fully saturated rings. The number of thiophene rings is 1. The first kappa shape index (κ1) is 15.2. The number of aryl methyl sites for hydroxylation is 1. The maximum Gasteiger partial charge on any atom is 0.321 e. The zero-order chi connectivity index (χ0) is 14.1. The second-order valence-electron chi connectivity index (χ2n) is 3.72. The minimum Gasteiger partial charge on any atom is -0.456 e. The van der Waals surface area contributed by atoms with E-state index in [0.717, 1.165) is 6.42 Å². The summed E-state index contributed by atoms with van der Waals surface area (Å²) in [6, 6.07) is 3.34. The quantitative estimate of drug-likeness (QED) is 0.765. The Hall–Kier alpha value is -1.89. The number of nitrogens with one attached hydrogen (secondary N) is 2. The van der Waals surface area contributed by atoms with E-state index in [9.17, 15) is 14.4 Å². The molecule has 0 radical (unpaired) electrons. The van der Waals surface area contributed by atoms with Crippen molar-refractivity contribution < 1.29 is 19.1 Å². The number of urea groups is 1. The van der Waals surface area contributed by atoms with Crippen LogP contribution in [0, 0.1) is 0 Å². The highest BCUT2D eigenvalue weighted by atomic mass is 32.1. The Morgan fingerprint density at radius 1 is 1.37 bits per heavy atom. The Bertz CT molecular complexity index is 431. The summed E-state index contributed by atoms with van der Waals surface area (Å²) >= 11 is 1.64. The highest BCUT2D eigenvalue weighted by Gasteiger charge is 2.09. The molecular weight excluding hydrogens is 268 g/mol. The molecule has 0 saturated carbocycles. The third-order valence-corrected chi connectivity index (χ3v) is 3.16. The molecule has 0 aliphatic heterocycles. The number of amides is 3. The van der Waals surface area contributed by atoms with E-state index in [2.05, 4.69) is 5.32 Å². The van der Waals surface area contributed by atoms with Gasteiger partial charge in [-0.15, -0.1) is 11.3 Å². The molecule has 1 rings (SSSR count). The topological polar surface area (TPSA) is 84.5 Å². The average Bonchev–Trinajstić information content (AvgIpc) is 2.89. The minimum absolute atomic E-state index is 0.255. The molecule has 1 aromatic rings. The van der Waals surface area contributed by atoms with Crippen molar-refractivity contribution >= 4 is 29.2 Å². The minimum atomic E-state index is -0.647. The third-order valence-electron chi connectivity index (χ3n) is 2.23. The number of rotatable bonds is 6. The van der Waals surface area contributed by atoms with Crippen molar-refractivity contribution in [1.82, 2.24) is 10.6 Å². The predicted molar refractivity (Wildman–Crippen MR) is 70.8 cm³/mol. The number of hydrogen-bond donors (Lipinski definition) is 2. The largest absolute Gasteiger partial charge is 0.456 e. The maximum absolute atomic E-state index is 11.3. The van der Waals surface area contributed by atoms with Crippen LogP contribution in [0.3, 0.4) is 0 Å². The molecule has 0 aromatic carbocycles. The first-order valence-corrected chi connectivity index (χ1v) is 6.69. The Morgan fingerprint density at radius 3 is 2.79 bits per heavy atom. The number of esters is 1. The maximum atomic E-state index is 11.3. The molecule has 1 aromatic heterocycles. The molecule has 19 heavy (non-hydrogen) atoms. The molecular formula is C12H16N2O4S. The predicted octanol–water partition coefficient (Wildman–Crippen LogP) is 1.07. The fraction of sp³-hybridized carbons (Fsp3) is 0.417.